The number of nitrogens with zero attached hydrogens (tertiary/aromatic N) is 2. The van der Waals surface area contributed by atoms with Crippen LogP contribution in [-0.2, 0) is 6.54 Å². The minimum Gasteiger partial charge on any atom is -0.497 e. The van der Waals surface area contributed by atoms with Gasteiger partial charge in [-0.15, -0.1) is 0 Å². The van der Waals surface area contributed by atoms with Gasteiger partial charge in [-0.05, 0) is 24.6 Å². The van der Waals surface area contributed by atoms with E-state index in [2.05, 4.69) is 15.5 Å². The van der Waals surface area contributed by atoms with E-state index in [9.17, 15) is 14.7 Å². The van der Waals surface area contributed by atoms with E-state index in [1.807, 2.05) is 13.0 Å². The SMILES string of the molecule is CCCCn1c(O)c(C2=NN[C@H](c3cc(OC)ccc3OC)C2)c(=O)[nH]c1=O. The third-order valence-electron chi connectivity index (χ3n) is 4.76. The molecule has 2 aromatic rings. The Hall–Kier alpha value is -3.23. The zero-order chi connectivity index (χ0) is 20.3. The van der Waals surface area contributed by atoms with Crippen molar-refractivity contribution in [2.24, 2.45) is 5.10 Å². The second-order valence-corrected chi connectivity index (χ2v) is 6.52. The average molecular weight is 388 g/mol. The Morgan fingerprint density at radius 3 is 2.75 bits per heavy atom. The first-order valence-corrected chi connectivity index (χ1v) is 9.10. The number of aromatic hydroxyl groups is 1. The summed E-state index contributed by atoms with van der Waals surface area (Å²) in [6, 6.07) is 5.15. The zero-order valence-electron chi connectivity index (χ0n) is 16.1. The van der Waals surface area contributed by atoms with E-state index in [1.165, 1.54) is 4.57 Å². The van der Waals surface area contributed by atoms with Crippen molar-refractivity contribution in [3.05, 3.63) is 50.2 Å². The van der Waals surface area contributed by atoms with Gasteiger partial charge in [0.2, 0.25) is 5.88 Å². The molecule has 9 nitrogen and oxygen atoms in total. The normalized spacial score (nSPS) is 15.8. The van der Waals surface area contributed by atoms with Gasteiger partial charge in [0.1, 0.15) is 17.1 Å². The molecule has 0 spiro atoms. The number of aromatic nitrogens is 2. The monoisotopic (exact) mass is 388 g/mol. The highest BCUT2D eigenvalue weighted by molar-refractivity contribution is 6.03. The Morgan fingerprint density at radius 1 is 1.29 bits per heavy atom. The van der Waals surface area contributed by atoms with Crippen molar-refractivity contribution in [3.8, 4) is 17.4 Å². The number of aromatic amines is 1. The standard InChI is InChI=1S/C19H24N4O5/c1-4-5-8-23-18(25)16(17(24)20-19(23)26)14-10-13(21-22-14)12-9-11(27-2)6-7-15(12)28-3/h6-7,9,13,21,25H,4-5,8,10H2,1-3H3,(H,20,24,26)/t13-/m0/s1. The molecule has 0 radical (unpaired) electrons. The van der Waals surface area contributed by atoms with Crippen LogP contribution in [0.2, 0.25) is 0 Å². The summed E-state index contributed by atoms with van der Waals surface area (Å²) in [5, 5.41) is 14.8. The largest absolute Gasteiger partial charge is 0.497 e. The van der Waals surface area contributed by atoms with Crippen LogP contribution in [0.15, 0.2) is 32.9 Å². The second kappa shape index (κ2) is 8.20. The molecule has 0 amide bonds. The molecular formula is C19H24N4O5. The Balaban J connectivity index is 1.95. The van der Waals surface area contributed by atoms with Crippen LogP contribution in [0.3, 0.4) is 0 Å². The van der Waals surface area contributed by atoms with E-state index in [0.29, 0.717) is 36.6 Å². The van der Waals surface area contributed by atoms with E-state index in [0.717, 1.165) is 12.0 Å². The fourth-order valence-corrected chi connectivity index (χ4v) is 3.23. The van der Waals surface area contributed by atoms with Gasteiger partial charge in [0.05, 0.1) is 26.0 Å². The molecule has 150 valence electrons. The molecule has 3 N–H and O–H groups in total. The minimum atomic E-state index is -0.658. The number of unbranched alkanes of at least 4 members (excludes halogenated alkanes) is 1. The quantitative estimate of drug-likeness (QED) is 0.662. The lowest BCUT2D eigenvalue weighted by atomic mass is 9.99. The lowest BCUT2D eigenvalue weighted by Crippen LogP contribution is -2.33. The van der Waals surface area contributed by atoms with E-state index in [-0.39, 0.29) is 17.5 Å². The van der Waals surface area contributed by atoms with Crippen LogP contribution >= 0.6 is 0 Å². The molecule has 0 saturated heterocycles. The molecule has 0 bridgehead atoms. The molecule has 9 heteroatoms. The van der Waals surface area contributed by atoms with Crippen LogP contribution in [0.1, 0.15) is 43.4 Å². The van der Waals surface area contributed by atoms with Gasteiger partial charge in [-0.3, -0.25) is 14.3 Å². The zero-order valence-corrected chi connectivity index (χ0v) is 16.1. The first-order valence-electron chi connectivity index (χ1n) is 9.10. The summed E-state index contributed by atoms with van der Waals surface area (Å²) in [5.74, 6) is 0.960. The van der Waals surface area contributed by atoms with Crippen LogP contribution < -0.4 is 26.1 Å². The molecule has 1 aliphatic heterocycles. The van der Waals surface area contributed by atoms with Gasteiger partial charge in [-0.2, -0.15) is 5.10 Å². The van der Waals surface area contributed by atoms with Crippen molar-refractivity contribution < 1.29 is 14.6 Å². The summed E-state index contributed by atoms with van der Waals surface area (Å²) < 4.78 is 11.9. The summed E-state index contributed by atoms with van der Waals surface area (Å²) in [6.07, 6.45) is 1.89. The number of hydrogen-bond acceptors (Lipinski definition) is 7. The number of H-pyrrole nitrogens is 1. The fourth-order valence-electron chi connectivity index (χ4n) is 3.23. The molecule has 1 aromatic carbocycles. The molecule has 1 aliphatic rings. The Bertz CT molecular complexity index is 1010. The maximum Gasteiger partial charge on any atom is 0.331 e. The summed E-state index contributed by atoms with van der Waals surface area (Å²) >= 11 is 0. The summed E-state index contributed by atoms with van der Waals surface area (Å²) in [5.41, 5.74) is 2.89. The third-order valence-corrected chi connectivity index (χ3v) is 4.76. The molecule has 3 rings (SSSR count). The highest BCUT2D eigenvalue weighted by Crippen LogP contribution is 2.34. The van der Waals surface area contributed by atoms with Crippen molar-refractivity contribution >= 4 is 5.71 Å². The van der Waals surface area contributed by atoms with Crippen LogP contribution in [0.4, 0.5) is 0 Å². The van der Waals surface area contributed by atoms with Crippen LogP contribution in [0.25, 0.3) is 0 Å². The number of nitrogens with one attached hydrogen (secondary N) is 2. The van der Waals surface area contributed by atoms with Gasteiger partial charge >= 0.3 is 5.69 Å². The van der Waals surface area contributed by atoms with Gasteiger partial charge in [0, 0.05) is 18.5 Å². The van der Waals surface area contributed by atoms with Gasteiger partial charge in [0.15, 0.2) is 0 Å². The van der Waals surface area contributed by atoms with Gasteiger partial charge in [-0.25, -0.2) is 4.79 Å². The summed E-state index contributed by atoms with van der Waals surface area (Å²) in [7, 11) is 3.15. The number of methoxy groups -OCH3 is 2. The lowest BCUT2D eigenvalue weighted by molar-refractivity contribution is 0.392. The maximum atomic E-state index is 12.4. The topological polar surface area (TPSA) is 118 Å². The maximum absolute atomic E-state index is 12.4. The number of ether oxygens (including phenoxy) is 2. The first-order chi connectivity index (χ1) is 13.5. The minimum absolute atomic E-state index is 0.00701. The van der Waals surface area contributed by atoms with Crippen molar-refractivity contribution in [1.82, 2.24) is 15.0 Å². The van der Waals surface area contributed by atoms with E-state index < -0.39 is 11.2 Å². The Labute approximate surface area is 161 Å². The predicted molar refractivity (Wildman–Crippen MR) is 104 cm³/mol. The van der Waals surface area contributed by atoms with Crippen LogP contribution in [0, 0.1) is 0 Å². The lowest BCUT2D eigenvalue weighted by Gasteiger charge is -2.16. The Morgan fingerprint density at radius 2 is 2.07 bits per heavy atom. The van der Waals surface area contributed by atoms with Crippen molar-refractivity contribution in [3.63, 3.8) is 0 Å². The summed E-state index contributed by atoms with van der Waals surface area (Å²) in [6.45, 7) is 2.30. The average Bonchev–Trinajstić information content (AvgIpc) is 3.16. The molecule has 1 atom stereocenters. The highest BCUT2D eigenvalue weighted by Gasteiger charge is 2.29. The number of hydrogen-bond donors (Lipinski definition) is 3. The number of rotatable bonds is 7. The Kier molecular flexibility index (Phi) is 5.72. The van der Waals surface area contributed by atoms with Gasteiger partial charge in [-0.1, -0.05) is 13.3 Å². The van der Waals surface area contributed by atoms with Crippen LogP contribution in [-0.4, -0.2) is 34.6 Å². The smallest absolute Gasteiger partial charge is 0.331 e. The van der Waals surface area contributed by atoms with E-state index in [1.54, 1.807) is 26.4 Å². The second-order valence-electron chi connectivity index (χ2n) is 6.52. The molecule has 0 fully saturated rings. The number of benzene rings is 1. The van der Waals surface area contributed by atoms with E-state index >= 15 is 0 Å². The van der Waals surface area contributed by atoms with E-state index in [4.69, 9.17) is 9.47 Å². The first kappa shape index (κ1) is 19.5. The number of hydrazone groups is 1. The third kappa shape index (κ3) is 3.60. The van der Waals surface area contributed by atoms with Gasteiger partial charge < -0.3 is 20.0 Å². The molecular weight excluding hydrogens is 364 g/mol. The van der Waals surface area contributed by atoms with Crippen molar-refractivity contribution in [1.29, 1.82) is 0 Å². The molecule has 28 heavy (non-hydrogen) atoms. The van der Waals surface area contributed by atoms with Gasteiger partial charge in [0.25, 0.3) is 5.56 Å². The highest BCUT2D eigenvalue weighted by atomic mass is 16.5. The summed E-state index contributed by atoms with van der Waals surface area (Å²) in [4.78, 5) is 26.7. The molecule has 2 heterocycles. The van der Waals surface area contributed by atoms with Crippen LogP contribution in [0.5, 0.6) is 17.4 Å². The fraction of sp³-hybridized carbons (Fsp3) is 0.421. The van der Waals surface area contributed by atoms with Crippen molar-refractivity contribution in [2.45, 2.75) is 38.8 Å². The van der Waals surface area contributed by atoms with Crippen molar-refractivity contribution in [2.75, 3.05) is 14.2 Å². The molecule has 0 aliphatic carbocycles. The predicted octanol–water partition coefficient (Wildman–Crippen LogP) is 1.50. The molecule has 0 saturated carbocycles. The molecule has 0 unspecified atom stereocenters. The molecule has 1 aromatic heterocycles.